The normalized spacial score (nSPS) is 20.6. The topological polar surface area (TPSA) is 57.7 Å². The van der Waals surface area contributed by atoms with Crippen molar-refractivity contribution >= 4 is 15.9 Å². The van der Waals surface area contributed by atoms with Gasteiger partial charge in [0.05, 0.1) is 10.8 Å². The van der Waals surface area contributed by atoms with E-state index in [1.807, 2.05) is 36.1 Å². The van der Waals surface area contributed by atoms with Gasteiger partial charge in [-0.05, 0) is 49.4 Å². The molecule has 2 aromatic carbocycles. The second kappa shape index (κ2) is 7.68. The number of benzene rings is 2. The van der Waals surface area contributed by atoms with Crippen molar-refractivity contribution in [2.75, 3.05) is 19.6 Å². The van der Waals surface area contributed by atoms with Gasteiger partial charge in [0.25, 0.3) is 0 Å². The lowest BCUT2D eigenvalue weighted by Crippen LogP contribution is -2.47. The van der Waals surface area contributed by atoms with E-state index in [1.165, 1.54) is 15.4 Å². The third kappa shape index (κ3) is 3.71. The van der Waals surface area contributed by atoms with Crippen LogP contribution in [-0.4, -0.2) is 43.2 Å². The standard InChI is InChI=1S/C22H26N2O3S/c1-17-8-10-21(11-9-17)28(26,27)24-13-4-7-20(16-24)22(25)23-14-12-18-5-2-3-6-19(18)15-23/h2-3,5-6,8-11,20H,4,7,12-16H2,1H3/t20-/m1/s1. The van der Waals surface area contributed by atoms with Crippen molar-refractivity contribution < 1.29 is 13.2 Å². The molecule has 1 atom stereocenters. The van der Waals surface area contributed by atoms with E-state index in [0.717, 1.165) is 18.4 Å². The number of sulfonamides is 1. The van der Waals surface area contributed by atoms with Crippen LogP contribution in [0.2, 0.25) is 0 Å². The number of aryl methyl sites for hydroxylation is 1. The quantitative estimate of drug-likeness (QED) is 0.799. The molecule has 2 aliphatic rings. The summed E-state index contributed by atoms with van der Waals surface area (Å²) < 4.78 is 27.5. The van der Waals surface area contributed by atoms with Crippen molar-refractivity contribution in [2.45, 2.75) is 37.6 Å². The number of hydrogen-bond donors (Lipinski definition) is 0. The van der Waals surface area contributed by atoms with E-state index in [-0.39, 0.29) is 18.4 Å². The van der Waals surface area contributed by atoms with Crippen LogP contribution in [0.1, 0.15) is 29.5 Å². The fraction of sp³-hybridized carbons (Fsp3) is 0.409. The smallest absolute Gasteiger partial charge is 0.243 e. The van der Waals surface area contributed by atoms with E-state index in [0.29, 0.717) is 31.0 Å². The number of amides is 1. The van der Waals surface area contributed by atoms with Gasteiger partial charge in [-0.3, -0.25) is 4.79 Å². The third-order valence-electron chi connectivity index (χ3n) is 5.83. The van der Waals surface area contributed by atoms with E-state index in [9.17, 15) is 13.2 Å². The lowest BCUT2D eigenvalue weighted by Gasteiger charge is -2.36. The predicted octanol–water partition coefficient (Wildman–Crippen LogP) is 2.98. The molecule has 2 aromatic rings. The number of carbonyl (C=O) groups is 1. The summed E-state index contributed by atoms with van der Waals surface area (Å²) in [6.45, 7) is 4.01. The minimum Gasteiger partial charge on any atom is -0.338 e. The number of piperidine rings is 1. The number of nitrogens with zero attached hydrogens (tertiary/aromatic N) is 2. The second-order valence-electron chi connectivity index (χ2n) is 7.79. The van der Waals surface area contributed by atoms with Crippen LogP contribution in [0.4, 0.5) is 0 Å². The van der Waals surface area contributed by atoms with Crippen LogP contribution in [-0.2, 0) is 27.8 Å². The summed E-state index contributed by atoms with van der Waals surface area (Å²) in [5.41, 5.74) is 3.52. The zero-order chi connectivity index (χ0) is 19.7. The van der Waals surface area contributed by atoms with Crippen LogP contribution in [0.3, 0.4) is 0 Å². The van der Waals surface area contributed by atoms with Crippen LogP contribution in [0.15, 0.2) is 53.4 Å². The Labute approximate surface area is 167 Å². The molecule has 1 saturated heterocycles. The molecule has 0 aromatic heterocycles. The zero-order valence-electron chi connectivity index (χ0n) is 16.2. The highest BCUT2D eigenvalue weighted by Gasteiger charge is 2.35. The molecular weight excluding hydrogens is 372 g/mol. The Bertz CT molecular complexity index is 970. The van der Waals surface area contributed by atoms with E-state index < -0.39 is 10.0 Å². The number of fused-ring (bicyclic) bond motifs is 1. The van der Waals surface area contributed by atoms with Crippen molar-refractivity contribution in [1.29, 1.82) is 0 Å². The fourth-order valence-corrected chi connectivity index (χ4v) is 5.69. The van der Waals surface area contributed by atoms with Crippen molar-refractivity contribution in [3.05, 3.63) is 65.2 Å². The Morgan fingerprint density at radius 1 is 1.00 bits per heavy atom. The molecule has 148 valence electrons. The first-order valence-electron chi connectivity index (χ1n) is 9.87. The lowest BCUT2D eigenvalue weighted by molar-refractivity contribution is -0.137. The number of carbonyl (C=O) groups excluding carboxylic acids is 1. The van der Waals surface area contributed by atoms with Gasteiger partial charge in [0.2, 0.25) is 15.9 Å². The Balaban J connectivity index is 1.48. The Morgan fingerprint density at radius 2 is 1.71 bits per heavy atom. The highest BCUT2D eigenvalue weighted by atomic mass is 32.2. The Morgan fingerprint density at radius 3 is 2.46 bits per heavy atom. The minimum atomic E-state index is -3.56. The molecule has 0 radical (unpaired) electrons. The molecule has 0 unspecified atom stereocenters. The highest BCUT2D eigenvalue weighted by molar-refractivity contribution is 7.89. The number of rotatable bonds is 3. The largest absolute Gasteiger partial charge is 0.338 e. The van der Waals surface area contributed by atoms with Gasteiger partial charge < -0.3 is 4.90 Å². The molecule has 5 nitrogen and oxygen atoms in total. The maximum atomic E-state index is 13.1. The molecule has 0 spiro atoms. The first-order valence-corrected chi connectivity index (χ1v) is 11.3. The average molecular weight is 399 g/mol. The number of hydrogen-bond acceptors (Lipinski definition) is 3. The third-order valence-corrected chi connectivity index (χ3v) is 7.71. The van der Waals surface area contributed by atoms with E-state index in [2.05, 4.69) is 12.1 Å². The molecule has 2 heterocycles. The van der Waals surface area contributed by atoms with Crippen LogP contribution in [0.5, 0.6) is 0 Å². The molecular formula is C22H26N2O3S. The van der Waals surface area contributed by atoms with E-state index in [4.69, 9.17) is 0 Å². The molecule has 28 heavy (non-hydrogen) atoms. The van der Waals surface area contributed by atoms with Crippen molar-refractivity contribution in [2.24, 2.45) is 5.92 Å². The molecule has 1 fully saturated rings. The first-order chi connectivity index (χ1) is 13.4. The van der Waals surface area contributed by atoms with Gasteiger partial charge in [0, 0.05) is 26.2 Å². The zero-order valence-corrected chi connectivity index (χ0v) is 17.0. The summed E-state index contributed by atoms with van der Waals surface area (Å²) in [6, 6.07) is 15.1. The molecule has 0 aliphatic carbocycles. The fourth-order valence-electron chi connectivity index (χ4n) is 4.16. The molecule has 6 heteroatoms. The van der Waals surface area contributed by atoms with Gasteiger partial charge in [-0.15, -0.1) is 0 Å². The molecule has 4 rings (SSSR count). The van der Waals surface area contributed by atoms with Crippen molar-refractivity contribution in [1.82, 2.24) is 9.21 Å². The highest BCUT2D eigenvalue weighted by Crippen LogP contribution is 2.27. The molecule has 0 saturated carbocycles. The van der Waals surface area contributed by atoms with Gasteiger partial charge in [0.1, 0.15) is 0 Å². The molecule has 2 aliphatic heterocycles. The second-order valence-corrected chi connectivity index (χ2v) is 9.73. The van der Waals surface area contributed by atoms with E-state index in [1.54, 1.807) is 12.1 Å². The van der Waals surface area contributed by atoms with Crippen LogP contribution < -0.4 is 0 Å². The summed E-state index contributed by atoms with van der Waals surface area (Å²) in [5, 5.41) is 0. The molecule has 1 amide bonds. The first kappa shape index (κ1) is 19.2. The van der Waals surface area contributed by atoms with Crippen molar-refractivity contribution in [3.8, 4) is 0 Å². The molecule has 0 bridgehead atoms. The maximum absolute atomic E-state index is 13.1. The Hall–Kier alpha value is -2.18. The summed E-state index contributed by atoms with van der Waals surface area (Å²) in [6.07, 6.45) is 2.32. The summed E-state index contributed by atoms with van der Waals surface area (Å²) >= 11 is 0. The van der Waals surface area contributed by atoms with Crippen LogP contribution >= 0.6 is 0 Å². The van der Waals surface area contributed by atoms with Gasteiger partial charge >= 0.3 is 0 Å². The van der Waals surface area contributed by atoms with Gasteiger partial charge in [-0.2, -0.15) is 4.31 Å². The minimum absolute atomic E-state index is 0.0818. The lowest BCUT2D eigenvalue weighted by atomic mass is 9.95. The van der Waals surface area contributed by atoms with Crippen LogP contribution in [0.25, 0.3) is 0 Å². The van der Waals surface area contributed by atoms with Gasteiger partial charge in [0.15, 0.2) is 0 Å². The van der Waals surface area contributed by atoms with Gasteiger partial charge in [-0.25, -0.2) is 8.42 Å². The SMILES string of the molecule is Cc1ccc(S(=O)(=O)N2CCC[C@@H](C(=O)N3CCc4ccccc4C3)C2)cc1. The summed E-state index contributed by atoms with van der Waals surface area (Å²) in [5.74, 6) is -0.183. The maximum Gasteiger partial charge on any atom is 0.243 e. The average Bonchev–Trinajstić information content (AvgIpc) is 2.73. The monoisotopic (exact) mass is 398 g/mol. The van der Waals surface area contributed by atoms with Crippen molar-refractivity contribution in [3.63, 3.8) is 0 Å². The van der Waals surface area contributed by atoms with Crippen LogP contribution in [0, 0.1) is 12.8 Å². The molecule has 0 N–H and O–H groups in total. The summed E-state index contributed by atoms with van der Waals surface area (Å²) in [7, 11) is -3.56. The summed E-state index contributed by atoms with van der Waals surface area (Å²) in [4.78, 5) is 15.3. The van der Waals surface area contributed by atoms with E-state index >= 15 is 0 Å². The Kier molecular flexibility index (Phi) is 5.25. The predicted molar refractivity (Wildman–Crippen MR) is 108 cm³/mol. The van der Waals surface area contributed by atoms with Gasteiger partial charge in [-0.1, -0.05) is 42.0 Å².